The molecule has 1 aromatic heterocycles. The monoisotopic (exact) mass is 350 g/mol. The highest BCUT2D eigenvalue weighted by Crippen LogP contribution is 2.25. The summed E-state index contributed by atoms with van der Waals surface area (Å²) in [5.74, 6) is 0.641. The van der Waals surface area contributed by atoms with Gasteiger partial charge in [0.25, 0.3) is 10.1 Å². The van der Waals surface area contributed by atoms with E-state index in [4.69, 9.17) is 4.55 Å². The molecule has 0 atom stereocenters. The van der Waals surface area contributed by atoms with Gasteiger partial charge in [-0.25, -0.2) is 4.98 Å². The van der Waals surface area contributed by atoms with E-state index in [2.05, 4.69) is 9.97 Å². The number of nitrogens with one attached hydrogen (secondary N) is 1. The highest BCUT2D eigenvalue weighted by Gasteiger charge is 2.12. The van der Waals surface area contributed by atoms with E-state index in [-0.39, 0.29) is 4.90 Å². The second kappa shape index (κ2) is 5.84. The van der Waals surface area contributed by atoms with E-state index < -0.39 is 10.1 Å². The van der Waals surface area contributed by atoms with Gasteiger partial charge in [-0.15, -0.1) is 0 Å². The van der Waals surface area contributed by atoms with Gasteiger partial charge in [0, 0.05) is 5.56 Å². The lowest BCUT2D eigenvalue weighted by Gasteiger charge is -2.02. The SMILES string of the molecule is O=S(=O)(O)c1ccc2nc(-c3ccc(-c4ccccc4)cc3)[nH]c2c1. The van der Waals surface area contributed by atoms with Crippen LogP contribution in [0.1, 0.15) is 0 Å². The van der Waals surface area contributed by atoms with E-state index in [1.54, 1.807) is 6.07 Å². The summed E-state index contributed by atoms with van der Waals surface area (Å²) in [6.45, 7) is 0. The summed E-state index contributed by atoms with van der Waals surface area (Å²) in [6, 6.07) is 22.3. The zero-order valence-corrected chi connectivity index (χ0v) is 13.9. The van der Waals surface area contributed by atoms with Crippen molar-refractivity contribution < 1.29 is 13.0 Å². The molecule has 0 fully saturated rings. The number of fused-ring (bicyclic) bond motifs is 1. The van der Waals surface area contributed by atoms with Crippen LogP contribution in [0.2, 0.25) is 0 Å². The molecule has 0 unspecified atom stereocenters. The van der Waals surface area contributed by atoms with Crippen molar-refractivity contribution in [3.63, 3.8) is 0 Å². The Balaban J connectivity index is 1.72. The third-order valence-electron chi connectivity index (χ3n) is 4.02. The summed E-state index contributed by atoms with van der Waals surface area (Å²) in [6.07, 6.45) is 0. The maximum absolute atomic E-state index is 11.2. The predicted octanol–water partition coefficient (Wildman–Crippen LogP) is 4.14. The first-order valence-corrected chi connectivity index (χ1v) is 9.08. The van der Waals surface area contributed by atoms with Crippen LogP contribution < -0.4 is 0 Å². The summed E-state index contributed by atoms with van der Waals surface area (Å²) < 4.78 is 31.6. The van der Waals surface area contributed by atoms with Gasteiger partial charge in [0.15, 0.2) is 0 Å². The number of hydrogen-bond donors (Lipinski definition) is 2. The standard InChI is InChI=1S/C19H14N2O3S/c22-25(23,24)16-10-11-17-18(12-16)21-19(20-17)15-8-6-14(7-9-15)13-4-2-1-3-5-13/h1-12H,(H,20,21)(H,22,23,24). The maximum atomic E-state index is 11.2. The van der Waals surface area contributed by atoms with Gasteiger partial charge in [-0.05, 0) is 29.3 Å². The summed E-state index contributed by atoms with van der Waals surface area (Å²) in [4.78, 5) is 7.42. The first-order chi connectivity index (χ1) is 12.0. The Morgan fingerprint density at radius 2 is 1.44 bits per heavy atom. The number of rotatable bonds is 3. The minimum Gasteiger partial charge on any atom is -0.338 e. The van der Waals surface area contributed by atoms with E-state index >= 15 is 0 Å². The highest BCUT2D eigenvalue weighted by atomic mass is 32.2. The Morgan fingerprint density at radius 1 is 0.800 bits per heavy atom. The topological polar surface area (TPSA) is 83.1 Å². The van der Waals surface area contributed by atoms with Crippen molar-refractivity contribution in [2.45, 2.75) is 4.90 Å². The second-order valence-electron chi connectivity index (χ2n) is 5.68. The molecule has 0 aliphatic rings. The first-order valence-electron chi connectivity index (χ1n) is 7.64. The van der Waals surface area contributed by atoms with Crippen LogP contribution in [-0.2, 0) is 10.1 Å². The highest BCUT2D eigenvalue weighted by molar-refractivity contribution is 7.85. The van der Waals surface area contributed by atoms with Gasteiger partial charge in [-0.2, -0.15) is 8.42 Å². The molecule has 0 spiro atoms. The van der Waals surface area contributed by atoms with Crippen molar-refractivity contribution in [1.29, 1.82) is 0 Å². The molecule has 0 aliphatic heterocycles. The lowest BCUT2D eigenvalue weighted by atomic mass is 10.0. The number of imidazole rings is 1. The summed E-state index contributed by atoms with van der Waals surface area (Å²) in [7, 11) is -4.23. The fraction of sp³-hybridized carbons (Fsp3) is 0. The third kappa shape index (κ3) is 3.05. The summed E-state index contributed by atoms with van der Waals surface area (Å²) >= 11 is 0. The average molecular weight is 350 g/mol. The molecular weight excluding hydrogens is 336 g/mol. The van der Waals surface area contributed by atoms with E-state index in [1.807, 2.05) is 54.6 Å². The van der Waals surface area contributed by atoms with Crippen LogP contribution >= 0.6 is 0 Å². The van der Waals surface area contributed by atoms with Crippen LogP contribution in [0.4, 0.5) is 0 Å². The Kier molecular flexibility index (Phi) is 3.63. The van der Waals surface area contributed by atoms with Crippen molar-refractivity contribution in [1.82, 2.24) is 9.97 Å². The van der Waals surface area contributed by atoms with E-state index in [9.17, 15) is 8.42 Å². The number of hydrogen-bond acceptors (Lipinski definition) is 3. The third-order valence-corrected chi connectivity index (χ3v) is 4.87. The molecule has 0 bridgehead atoms. The van der Waals surface area contributed by atoms with Crippen molar-refractivity contribution in [3.05, 3.63) is 72.8 Å². The van der Waals surface area contributed by atoms with Crippen LogP contribution in [0.15, 0.2) is 77.7 Å². The molecule has 0 saturated carbocycles. The summed E-state index contributed by atoms with van der Waals surface area (Å²) in [5, 5.41) is 0. The fourth-order valence-electron chi connectivity index (χ4n) is 2.74. The number of nitrogens with zero attached hydrogens (tertiary/aromatic N) is 1. The minimum absolute atomic E-state index is 0.158. The quantitative estimate of drug-likeness (QED) is 0.544. The Labute approximate surface area is 144 Å². The number of aromatic nitrogens is 2. The number of H-pyrrole nitrogens is 1. The Bertz CT molecular complexity index is 1150. The molecule has 5 nitrogen and oxygen atoms in total. The molecule has 1 heterocycles. The first kappa shape index (κ1) is 15.6. The Morgan fingerprint density at radius 3 is 2.12 bits per heavy atom. The molecular formula is C19H14N2O3S. The van der Waals surface area contributed by atoms with Gasteiger partial charge < -0.3 is 4.98 Å². The molecule has 0 saturated heterocycles. The van der Waals surface area contributed by atoms with Gasteiger partial charge in [-0.1, -0.05) is 54.6 Å². The normalized spacial score (nSPS) is 11.7. The number of benzene rings is 3. The molecule has 0 amide bonds. The van der Waals surface area contributed by atoms with Crippen molar-refractivity contribution >= 4 is 21.2 Å². The average Bonchev–Trinajstić information content (AvgIpc) is 3.05. The van der Waals surface area contributed by atoms with E-state index in [1.165, 1.54) is 12.1 Å². The van der Waals surface area contributed by atoms with Gasteiger partial charge in [0.05, 0.1) is 15.9 Å². The van der Waals surface area contributed by atoms with Gasteiger partial charge >= 0.3 is 0 Å². The molecule has 124 valence electrons. The predicted molar refractivity (Wildman–Crippen MR) is 96.8 cm³/mol. The summed E-state index contributed by atoms with van der Waals surface area (Å²) in [5.41, 5.74) is 4.32. The second-order valence-corrected chi connectivity index (χ2v) is 7.10. The van der Waals surface area contributed by atoms with E-state index in [0.29, 0.717) is 16.9 Å². The lowest BCUT2D eigenvalue weighted by Crippen LogP contribution is -1.97. The Hall–Kier alpha value is -2.96. The van der Waals surface area contributed by atoms with Crippen LogP contribution in [0, 0.1) is 0 Å². The minimum atomic E-state index is -4.23. The van der Waals surface area contributed by atoms with Crippen molar-refractivity contribution in [3.8, 4) is 22.5 Å². The molecule has 4 rings (SSSR count). The molecule has 0 aliphatic carbocycles. The molecule has 25 heavy (non-hydrogen) atoms. The number of aromatic amines is 1. The van der Waals surface area contributed by atoms with Crippen LogP contribution in [0.25, 0.3) is 33.5 Å². The fourth-order valence-corrected chi connectivity index (χ4v) is 3.24. The molecule has 4 aromatic rings. The molecule has 2 N–H and O–H groups in total. The van der Waals surface area contributed by atoms with Crippen molar-refractivity contribution in [2.24, 2.45) is 0 Å². The maximum Gasteiger partial charge on any atom is 0.294 e. The van der Waals surface area contributed by atoms with Gasteiger partial charge in [-0.3, -0.25) is 4.55 Å². The molecule has 3 aromatic carbocycles. The smallest absolute Gasteiger partial charge is 0.294 e. The lowest BCUT2D eigenvalue weighted by molar-refractivity contribution is 0.483. The molecule has 0 radical (unpaired) electrons. The van der Waals surface area contributed by atoms with Crippen molar-refractivity contribution in [2.75, 3.05) is 0 Å². The van der Waals surface area contributed by atoms with Gasteiger partial charge in [0.1, 0.15) is 5.82 Å². The zero-order valence-electron chi connectivity index (χ0n) is 13.0. The van der Waals surface area contributed by atoms with E-state index in [0.717, 1.165) is 16.7 Å². The largest absolute Gasteiger partial charge is 0.338 e. The van der Waals surface area contributed by atoms with Crippen LogP contribution in [0.3, 0.4) is 0 Å². The van der Waals surface area contributed by atoms with Crippen LogP contribution in [0.5, 0.6) is 0 Å². The van der Waals surface area contributed by atoms with Crippen LogP contribution in [-0.4, -0.2) is 22.9 Å². The van der Waals surface area contributed by atoms with Gasteiger partial charge in [0.2, 0.25) is 0 Å². The zero-order chi connectivity index (χ0) is 17.4. The molecule has 6 heteroatoms.